The first-order valence-corrected chi connectivity index (χ1v) is 9.70. The van der Waals surface area contributed by atoms with E-state index in [1.54, 1.807) is 0 Å². The third-order valence-electron chi connectivity index (χ3n) is 4.18. The molecule has 0 radical (unpaired) electrons. The third kappa shape index (κ3) is 9.59. The molecule has 0 unspecified atom stereocenters. The molecular weight excluding hydrogens is 300 g/mol. The van der Waals surface area contributed by atoms with Gasteiger partial charge in [-0.2, -0.15) is 0 Å². The van der Waals surface area contributed by atoms with Crippen LogP contribution in [0.1, 0.15) is 83.6 Å². The van der Waals surface area contributed by atoms with Crippen LogP contribution in [0.25, 0.3) is 0 Å². The zero-order valence-corrected chi connectivity index (χ0v) is 15.5. The van der Waals surface area contributed by atoms with Crippen LogP contribution in [0.15, 0.2) is 24.3 Å². The van der Waals surface area contributed by atoms with Crippen LogP contribution >= 0.6 is 0 Å². The maximum absolute atomic E-state index is 11.8. The molecule has 1 aromatic rings. The minimum absolute atomic E-state index is 0.448. The average molecular weight is 335 g/mol. The van der Waals surface area contributed by atoms with E-state index < -0.39 is 6.16 Å². The van der Waals surface area contributed by atoms with Gasteiger partial charge in [-0.25, -0.2) is 4.79 Å². The van der Waals surface area contributed by atoms with E-state index in [4.69, 9.17) is 9.47 Å². The molecule has 3 heteroatoms. The van der Waals surface area contributed by atoms with Crippen molar-refractivity contribution in [3.63, 3.8) is 0 Å². The second kappa shape index (κ2) is 13.9. The normalized spacial score (nSPS) is 10.6. The topological polar surface area (TPSA) is 35.5 Å². The highest BCUT2D eigenvalue weighted by Crippen LogP contribution is 2.21. The quantitative estimate of drug-likeness (QED) is 0.229. The first-order valence-electron chi connectivity index (χ1n) is 9.70. The summed E-state index contributed by atoms with van der Waals surface area (Å²) in [6.07, 6.45) is 12.2. The average Bonchev–Trinajstić information content (AvgIpc) is 2.59. The van der Waals surface area contributed by atoms with Crippen molar-refractivity contribution in [1.29, 1.82) is 0 Å². The van der Waals surface area contributed by atoms with Gasteiger partial charge in [0.2, 0.25) is 0 Å². The molecule has 3 nitrogen and oxygen atoms in total. The molecule has 1 rings (SSSR count). The van der Waals surface area contributed by atoms with Crippen molar-refractivity contribution in [2.24, 2.45) is 0 Å². The Morgan fingerprint density at radius 1 is 0.833 bits per heavy atom. The molecule has 0 fully saturated rings. The Labute approximate surface area is 147 Å². The Balaban J connectivity index is 2.25. The number of rotatable bonds is 13. The SMILES string of the molecule is CCCCCCCCOC(=O)Oc1ccccc1CCCCCC. The predicted molar refractivity (Wildman–Crippen MR) is 99.6 cm³/mol. The minimum Gasteiger partial charge on any atom is -0.434 e. The summed E-state index contributed by atoms with van der Waals surface area (Å²) in [5.41, 5.74) is 1.09. The van der Waals surface area contributed by atoms with Crippen molar-refractivity contribution in [1.82, 2.24) is 0 Å². The van der Waals surface area contributed by atoms with E-state index in [2.05, 4.69) is 13.8 Å². The molecule has 0 N–H and O–H groups in total. The van der Waals surface area contributed by atoms with Gasteiger partial charge in [-0.3, -0.25) is 0 Å². The molecule has 0 amide bonds. The van der Waals surface area contributed by atoms with Crippen LogP contribution < -0.4 is 4.74 Å². The van der Waals surface area contributed by atoms with Gasteiger partial charge in [0.05, 0.1) is 6.61 Å². The Kier molecular flexibility index (Phi) is 11.9. The van der Waals surface area contributed by atoms with Crippen LogP contribution in [-0.2, 0) is 11.2 Å². The number of hydrogen-bond acceptors (Lipinski definition) is 3. The molecule has 0 aliphatic carbocycles. The maximum Gasteiger partial charge on any atom is 0.513 e. The fraction of sp³-hybridized carbons (Fsp3) is 0.667. The molecule has 0 aromatic heterocycles. The van der Waals surface area contributed by atoms with Gasteiger partial charge >= 0.3 is 6.16 Å². The highest BCUT2D eigenvalue weighted by Gasteiger charge is 2.09. The zero-order chi connectivity index (χ0) is 17.5. The van der Waals surface area contributed by atoms with Crippen molar-refractivity contribution in [2.45, 2.75) is 84.5 Å². The summed E-state index contributed by atoms with van der Waals surface area (Å²) in [4.78, 5) is 11.8. The lowest BCUT2D eigenvalue weighted by atomic mass is 10.1. The Bertz CT molecular complexity index is 442. The van der Waals surface area contributed by atoms with Gasteiger partial charge in [0.1, 0.15) is 5.75 Å². The molecular formula is C21H34O3. The van der Waals surface area contributed by atoms with Crippen molar-refractivity contribution in [3.05, 3.63) is 29.8 Å². The van der Waals surface area contributed by atoms with Gasteiger partial charge in [-0.1, -0.05) is 83.4 Å². The van der Waals surface area contributed by atoms with Gasteiger partial charge in [0, 0.05) is 0 Å². The molecule has 24 heavy (non-hydrogen) atoms. The van der Waals surface area contributed by atoms with Crippen molar-refractivity contribution >= 4 is 6.16 Å². The number of carbonyl (C=O) groups excluding carboxylic acids is 1. The Hall–Kier alpha value is -1.51. The van der Waals surface area contributed by atoms with Crippen LogP contribution in [0.2, 0.25) is 0 Å². The lowest BCUT2D eigenvalue weighted by Crippen LogP contribution is -2.12. The number of ether oxygens (including phenoxy) is 2. The fourth-order valence-corrected chi connectivity index (χ4v) is 2.71. The first-order chi connectivity index (χ1) is 11.8. The lowest BCUT2D eigenvalue weighted by Gasteiger charge is -2.10. The van der Waals surface area contributed by atoms with Gasteiger partial charge < -0.3 is 9.47 Å². The summed E-state index contributed by atoms with van der Waals surface area (Å²) in [7, 11) is 0. The van der Waals surface area contributed by atoms with Crippen LogP contribution in [0.5, 0.6) is 5.75 Å². The largest absolute Gasteiger partial charge is 0.513 e. The summed E-state index contributed by atoms with van der Waals surface area (Å²) in [5, 5.41) is 0. The van der Waals surface area contributed by atoms with E-state index in [0.29, 0.717) is 12.4 Å². The molecule has 0 aliphatic rings. The highest BCUT2D eigenvalue weighted by atomic mass is 16.7. The van der Waals surface area contributed by atoms with Gasteiger partial charge in [-0.15, -0.1) is 0 Å². The molecule has 1 aromatic carbocycles. The third-order valence-corrected chi connectivity index (χ3v) is 4.18. The zero-order valence-electron chi connectivity index (χ0n) is 15.5. The number of para-hydroxylation sites is 1. The van der Waals surface area contributed by atoms with Gasteiger partial charge in [0.15, 0.2) is 0 Å². The van der Waals surface area contributed by atoms with E-state index in [-0.39, 0.29) is 0 Å². The molecule has 0 atom stereocenters. The van der Waals surface area contributed by atoms with Crippen molar-refractivity contribution in [2.75, 3.05) is 6.61 Å². The van der Waals surface area contributed by atoms with E-state index >= 15 is 0 Å². The number of aryl methyl sites for hydroxylation is 1. The number of benzene rings is 1. The second-order valence-electron chi connectivity index (χ2n) is 6.39. The summed E-state index contributed by atoms with van der Waals surface area (Å²) >= 11 is 0. The molecule has 136 valence electrons. The molecule has 0 bridgehead atoms. The predicted octanol–water partition coefficient (Wildman–Crippen LogP) is 6.69. The Morgan fingerprint density at radius 2 is 1.46 bits per heavy atom. The molecule has 0 aliphatic heterocycles. The summed E-state index contributed by atoms with van der Waals surface area (Å²) in [6, 6.07) is 7.76. The van der Waals surface area contributed by atoms with Crippen LogP contribution in [0.4, 0.5) is 4.79 Å². The summed E-state index contributed by atoms with van der Waals surface area (Å²) < 4.78 is 10.6. The first kappa shape index (κ1) is 20.5. The lowest BCUT2D eigenvalue weighted by molar-refractivity contribution is 0.0969. The molecule has 0 saturated carbocycles. The van der Waals surface area contributed by atoms with Gasteiger partial charge in [-0.05, 0) is 30.9 Å². The highest BCUT2D eigenvalue weighted by molar-refractivity contribution is 5.64. The van der Waals surface area contributed by atoms with Crippen LogP contribution in [0.3, 0.4) is 0 Å². The summed E-state index contributed by atoms with van der Waals surface area (Å²) in [6.45, 7) is 4.86. The van der Waals surface area contributed by atoms with Gasteiger partial charge in [0.25, 0.3) is 0 Å². The smallest absolute Gasteiger partial charge is 0.434 e. The monoisotopic (exact) mass is 334 g/mol. The molecule has 0 saturated heterocycles. The number of hydrogen-bond donors (Lipinski definition) is 0. The fourth-order valence-electron chi connectivity index (χ4n) is 2.71. The second-order valence-corrected chi connectivity index (χ2v) is 6.39. The standard InChI is InChI=1S/C21H34O3/c1-3-5-7-9-10-14-18-23-21(22)24-20-17-13-12-16-19(20)15-11-8-6-4-2/h12-13,16-17H,3-11,14-15,18H2,1-2H3. The van der Waals surface area contributed by atoms with E-state index in [1.165, 1.54) is 44.9 Å². The van der Waals surface area contributed by atoms with Crippen molar-refractivity contribution < 1.29 is 14.3 Å². The van der Waals surface area contributed by atoms with E-state index in [0.717, 1.165) is 31.2 Å². The Morgan fingerprint density at radius 3 is 2.21 bits per heavy atom. The molecule has 0 heterocycles. The van der Waals surface area contributed by atoms with Crippen LogP contribution in [0, 0.1) is 0 Å². The van der Waals surface area contributed by atoms with E-state index in [9.17, 15) is 4.79 Å². The van der Waals surface area contributed by atoms with E-state index in [1.807, 2.05) is 24.3 Å². The minimum atomic E-state index is -0.579. The summed E-state index contributed by atoms with van der Waals surface area (Å²) in [5.74, 6) is 0.641. The van der Waals surface area contributed by atoms with Crippen molar-refractivity contribution in [3.8, 4) is 5.75 Å². The molecule has 0 spiro atoms. The number of carbonyl (C=O) groups is 1. The maximum atomic E-state index is 11.8. The number of unbranched alkanes of at least 4 members (excludes halogenated alkanes) is 8. The van der Waals surface area contributed by atoms with Crippen LogP contribution in [-0.4, -0.2) is 12.8 Å².